The van der Waals surface area contributed by atoms with Gasteiger partial charge in [0.05, 0.1) is 16.5 Å². The molecular weight excluding hydrogens is 420 g/mol. The summed E-state index contributed by atoms with van der Waals surface area (Å²) in [4.78, 5) is 13.1. The van der Waals surface area contributed by atoms with Crippen molar-refractivity contribution in [3.8, 4) is 6.07 Å². The molecule has 6 heteroatoms. The van der Waals surface area contributed by atoms with E-state index < -0.39 is 15.9 Å². The third kappa shape index (κ3) is 4.34. The molecule has 1 aliphatic heterocycles. The average molecular weight is 443 g/mol. The van der Waals surface area contributed by atoms with Gasteiger partial charge in [-0.2, -0.15) is 5.26 Å². The van der Waals surface area contributed by atoms with Crippen molar-refractivity contribution in [1.29, 1.82) is 5.26 Å². The van der Waals surface area contributed by atoms with Crippen LogP contribution >= 0.6 is 0 Å². The van der Waals surface area contributed by atoms with Crippen LogP contribution in [0.25, 0.3) is 0 Å². The van der Waals surface area contributed by atoms with Crippen LogP contribution in [0.5, 0.6) is 0 Å². The molecule has 0 radical (unpaired) electrons. The minimum absolute atomic E-state index is 0.0374. The summed E-state index contributed by atoms with van der Waals surface area (Å²) in [5, 5.41) is 9.09. The van der Waals surface area contributed by atoms with Crippen molar-refractivity contribution in [2.24, 2.45) is 0 Å². The fourth-order valence-electron chi connectivity index (χ4n) is 3.86. The first kappa shape index (κ1) is 21.5. The van der Waals surface area contributed by atoms with Crippen molar-refractivity contribution in [1.82, 2.24) is 4.31 Å². The maximum Gasteiger partial charge on any atom is 0.270 e. The quantitative estimate of drug-likeness (QED) is 0.574. The van der Waals surface area contributed by atoms with E-state index in [0.29, 0.717) is 12.0 Å². The number of allylic oxidation sites excluding steroid dienone is 1. The van der Waals surface area contributed by atoms with Crippen LogP contribution in [0.4, 0.5) is 0 Å². The fourth-order valence-corrected chi connectivity index (χ4v) is 5.18. The first-order valence-electron chi connectivity index (χ1n) is 10.3. The van der Waals surface area contributed by atoms with E-state index in [0.717, 1.165) is 26.6 Å². The van der Waals surface area contributed by atoms with Gasteiger partial charge in [-0.3, -0.25) is 4.79 Å². The number of hydrogen-bond donors (Lipinski definition) is 0. The highest BCUT2D eigenvalue weighted by molar-refractivity contribution is 7.89. The normalized spacial score (nSPS) is 16.4. The molecule has 0 aliphatic carbocycles. The number of hydrogen-bond acceptors (Lipinski definition) is 4. The van der Waals surface area contributed by atoms with E-state index in [4.69, 9.17) is 5.26 Å². The van der Waals surface area contributed by atoms with E-state index in [1.807, 2.05) is 49.4 Å². The SMILES string of the molecule is Cc1ccc(S(=O)(=O)N2C=C(Cc3ccccc3)[C@@H](c3ccc(C#N)cc3)CC2=O)cc1. The summed E-state index contributed by atoms with van der Waals surface area (Å²) in [6.07, 6.45) is 2.03. The molecule has 3 aromatic carbocycles. The van der Waals surface area contributed by atoms with Crippen LogP contribution in [0, 0.1) is 18.3 Å². The van der Waals surface area contributed by atoms with E-state index in [1.165, 1.54) is 18.3 Å². The highest BCUT2D eigenvalue weighted by Crippen LogP contribution is 2.36. The van der Waals surface area contributed by atoms with Gasteiger partial charge in [-0.1, -0.05) is 60.2 Å². The van der Waals surface area contributed by atoms with Crippen molar-refractivity contribution < 1.29 is 13.2 Å². The molecule has 4 rings (SSSR count). The topological polar surface area (TPSA) is 78.2 Å². The van der Waals surface area contributed by atoms with Crippen LogP contribution in [0.2, 0.25) is 0 Å². The molecule has 0 spiro atoms. The Morgan fingerprint density at radius 1 is 0.969 bits per heavy atom. The smallest absolute Gasteiger partial charge is 0.270 e. The molecule has 160 valence electrons. The van der Waals surface area contributed by atoms with Gasteiger partial charge in [-0.05, 0) is 54.3 Å². The lowest BCUT2D eigenvalue weighted by Gasteiger charge is -2.31. The number of carbonyl (C=O) groups excluding carboxylic acids is 1. The van der Waals surface area contributed by atoms with Crippen molar-refractivity contribution in [2.75, 3.05) is 0 Å². The molecule has 0 aromatic heterocycles. The maximum absolute atomic E-state index is 13.3. The molecule has 0 bridgehead atoms. The van der Waals surface area contributed by atoms with Crippen LogP contribution in [0.1, 0.15) is 34.6 Å². The molecule has 1 atom stereocenters. The lowest BCUT2D eigenvalue weighted by Crippen LogP contribution is -2.37. The highest BCUT2D eigenvalue weighted by atomic mass is 32.2. The van der Waals surface area contributed by atoms with Crippen molar-refractivity contribution in [3.63, 3.8) is 0 Å². The Morgan fingerprint density at radius 2 is 1.62 bits per heavy atom. The highest BCUT2D eigenvalue weighted by Gasteiger charge is 2.35. The van der Waals surface area contributed by atoms with Crippen LogP contribution in [-0.4, -0.2) is 18.6 Å². The van der Waals surface area contributed by atoms with Gasteiger partial charge in [-0.15, -0.1) is 0 Å². The summed E-state index contributed by atoms with van der Waals surface area (Å²) in [7, 11) is -4.01. The molecule has 32 heavy (non-hydrogen) atoms. The fraction of sp³-hybridized carbons (Fsp3) is 0.154. The summed E-state index contributed by atoms with van der Waals surface area (Å²) in [6.45, 7) is 1.88. The minimum Gasteiger partial charge on any atom is -0.273 e. The standard InChI is InChI=1S/C26H22N2O3S/c1-19-7-13-24(14-8-19)32(30,31)28-18-23(15-20-5-3-2-4-6-20)25(16-26(28)29)22-11-9-21(17-27)10-12-22/h2-14,18,25H,15-16H2,1H3/t25-/m1/s1. The second-order valence-corrected chi connectivity index (χ2v) is 9.68. The van der Waals surface area contributed by atoms with Crippen LogP contribution in [0.3, 0.4) is 0 Å². The van der Waals surface area contributed by atoms with Crippen molar-refractivity contribution >= 4 is 15.9 Å². The van der Waals surface area contributed by atoms with Gasteiger partial charge in [0.25, 0.3) is 10.0 Å². The van der Waals surface area contributed by atoms with Gasteiger partial charge in [0.15, 0.2) is 0 Å². The molecule has 0 saturated heterocycles. The number of benzene rings is 3. The lowest BCUT2D eigenvalue weighted by molar-refractivity contribution is -0.125. The Kier molecular flexibility index (Phi) is 5.93. The van der Waals surface area contributed by atoms with E-state index in [1.54, 1.807) is 24.3 Å². The molecule has 5 nitrogen and oxygen atoms in total. The number of rotatable bonds is 5. The number of amides is 1. The van der Waals surface area contributed by atoms with Crippen molar-refractivity contribution in [2.45, 2.75) is 30.6 Å². The summed E-state index contributed by atoms with van der Waals surface area (Å²) in [5.41, 5.74) is 4.21. The third-order valence-electron chi connectivity index (χ3n) is 5.63. The summed E-state index contributed by atoms with van der Waals surface area (Å²) < 4.78 is 27.4. The molecule has 0 fully saturated rings. The third-order valence-corrected chi connectivity index (χ3v) is 7.32. The Hall–Kier alpha value is -3.69. The predicted octanol–water partition coefficient (Wildman–Crippen LogP) is 4.70. The summed E-state index contributed by atoms with van der Waals surface area (Å²) in [6, 6.07) is 25.4. The number of nitriles is 1. The van der Waals surface area contributed by atoms with E-state index in [9.17, 15) is 13.2 Å². The Balaban J connectivity index is 1.77. The zero-order chi connectivity index (χ0) is 22.7. The zero-order valence-electron chi connectivity index (χ0n) is 17.6. The van der Waals surface area contributed by atoms with Gasteiger partial charge in [-0.25, -0.2) is 12.7 Å². The molecular formula is C26H22N2O3S. The molecule has 0 N–H and O–H groups in total. The number of carbonyl (C=O) groups is 1. The molecule has 0 unspecified atom stereocenters. The molecule has 1 amide bonds. The van der Waals surface area contributed by atoms with Gasteiger partial charge >= 0.3 is 0 Å². The second-order valence-electron chi connectivity index (χ2n) is 7.86. The summed E-state index contributed by atoms with van der Waals surface area (Å²) in [5.74, 6) is -0.739. The van der Waals surface area contributed by atoms with Gasteiger partial charge in [0, 0.05) is 18.5 Å². The van der Waals surface area contributed by atoms with Crippen LogP contribution in [-0.2, 0) is 21.2 Å². The average Bonchev–Trinajstić information content (AvgIpc) is 2.81. The molecule has 1 heterocycles. The van der Waals surface area contributed by atoms with Crippen LogP contribution in [0.15, 0.2) is 95.5 Å². The maximum atomic E-state index is 13.3. The Morgan fingerprint density at radius 3 is 2.25 bits per heavy atom. The van der Waals surface area contributed by atoms with Crippen molar-refractivity contribution in [3.05, 3.63) is 113 Å². The Bertz CT molecular complexity index is 1300. The van der Waals surface area contributed by atoms with Crippen LogP contribution < -0.4 is 0 Å². The first-order chi connectivity index (χ1) is 15.4. The largest absolute Gasteiger partial charge is 0.273 e. The predicted molar refractivity (Wildman–Crippen MR) is 122 cm³/mol. The molecule has 0 saturated carbocycles. The van der Waals surface area contributed by atoms with Gasteiger partial charge in [0.2, 0.25) is 5.91 Å². The minimum atomic E-state index is -4.01. The number of sulfonamides is 1. The number of nitrogens with zero attached hydrogens (tertiary/aromatic N) is 2. The number of aryl methyl sites for hydroxylation is 1. The van der Waals surface area contributed by atoms with E-state index >= 15 is 0 Å². The molecule has 1 aliphatic rings. The monoisotopic (exact) mass is 442 g/mol. The van der Waals surface area contributed by atoms with E-state index in [2.05, 4.69) is 6.07 Å². The summed E-state index contributed by atoms with van der Waals surface area (Å²) >= 11 is 0. The first-order valence-corrected chi connectivity index (χ1v) is 11.7. The lowest BCUT2D eigenvalue weighted by atomic mass is 9.83. The van der Waals surface area contributed by atoms with Gasteiger partial charge in [0.1, 0.15) is 0 Å². The zero-order valence-corrected chi connectivity index (χ0v) is 18.4. The van der Waals surface area contributed by atoms with Gasteiger partial charge < -0.3 is 0 Å². The molecule has 3 aromatic rings. The Labute approximate surface area is 188 Å². The second kappa shape index (κ2) is 8.81. The van der Waals surface area contributed by atoms with E-state index in [-0.39, 0.29) is 17.2 Å².